The Labute approximate surface area is 146 Å². The van der Waals surface area contributed by atoms with Crippen LogP contribution < -0.4 is 0 Å². The molecule has 136 valence electrons. The maximum absolute atomic E-state index is 11.2. The average Bonchev–Trinajstić information content (AvgIpc) is 2.81. The van der Waals surface area contributed by atoms with E-state index < -0.39 is 11.7 Å². The molecule has 24 heavy (non-hydrogen) atoms. The van der Waals surface area contributed by atoms with Crippen LogP contribution in [0.5, 0.6) is 0 Å². The van der Waals surface area contributed by atoms with Crippen LogP contribution in [0.15, 0.2) is 11.1 Å². The molecule has 0 aromatic carbocycles. The normalized spacial score (nSPS) is 52.5. The number of fused-ring (bicyclic) bond motifs is 4. The summed E-state index contributed by atoms with van der Waals surface area (Å²) in [6.45, 7) is 6.42. The molecule has 0 aliphatic heterocycles. The molecule has 0 aromatic rings. The van der Waals surface area contributed by atoms with Crippen LogP contribution in [0.25, 0.3) is 0 Å². The van der Waals surface area contributed by atoms with Crippen molar-refractivity contribution in [2.24, 2.45) is 22.7 Å². The van der Waals surface area contributed by atoms with E-state index in [1.165, 1.54) is 12.0 Å². The lowest BCUT2D eigenvalue weighted by molar-refractivity contribution is -0.130. The summed E-state index contributed by atoms with van der Waals surface area (Å²) in [5.74, 6) is 1.28. The van der Waals surface area contributed by atoms with Gasteiger partial charge in [-0.15, -0.1) is 0 Å². The molecule has 0 amide bonds. The molecule has 4 aliphatic carbocycles. The highest BCUT2D eigenvalue weighted by Gasteiger charge is 2.61. The predicted octanol–water partition coefficient (Wildman–Crippen LogP) is 3.57. The third-order valence-corrected chi connectivity index (χ3v) is 8.87. The van der Waals surface area contributed by atoms with Gasteiger partial charge < -0.3 is 15.3 Å². The summed E-state index contributed by atoms with van der Waals surface area (Å²) < 4.78 is 0. The first kappa shape index (κ1) is 17.1. The second-order valence-corrected chi connectivity index (χ2v) is 9.70. The fourth-order valence-corrected chi connectivity index (χ4v) is 7.18. The number of hydrogen-bond acceptors (Lipinski definition) is 3. The molecule has 3 N–H and O–H groups in total. The van der Waals surface area contributed by atoms with Gasteiger partial charge in [0.15, 0.2) is 0 Å². The van der Waals surface area contributed by atoms with Crippen LogP contribution in [-0.2, 0) is 0 Å². The van der Waals surface area contributed by atoms with Crippen LogP contribution in [0, 0.1) is 22.7 Å². The summed E-state index contributed by atoms with van der Waals surface area (Å²) in [6, 6.07) is 0. The van der Waals surface area contributed by atoms with Crippen LogP contribution in [0.1, 0.15) is 78.6 Å². The molecule has 4 rings (SSSR count). The zero-order valence-corrected chi connectivity index (χ0v) is 15.5. The SMILES string of the molecule is C[C@@H](O)[C@@]1(O)CCC2=C3CCC4C[C@@H](O)CC[C@]4(C)[C@H]3CC[C@@]21C. The van der Waals surface area contributed by atoms with Gasteiger partial charge in [-0.25, -0.2) is 0 Å². The largest absolute Gasteiger partial charge is 0.393 e. The van der Waals surface area contributed by atoms with Gasteiger partial charge in [-0.1, -0.05) is 25.0 Å². The molecule has 4 aliphatic rings. The molecule has 0 heterocycles. The Kier molecular flexibility index (Phi) is 3.77. The van der Waals surface area contributed by atoms with Gasteiger partial charge in [0.05, 0.1) is 17.8 Å². The highest BCUT2D eigenvalue weighted by molar-refractivity contribution is 5.38. The minimum Gasteiger partial charge on any atom is -0.393 e. The minimum atomic E-state index is -0.958. The van der Waals surface area contributed by atoms with Crippen LogP contribution in [-0.4, -0.2) is 33.1 Å². The molecule has 7 atom stereocenters. The van der Waals surface area contributed by atoms with Gasteiger partial charge in [0.25, 0.3) is 0 Å². The summed E-state index contributed by atoms with van der Waals surface area (Å²) in [7, 11) is 0. The Morgan fingerprint density at radius 1 is 1.04 bits per heavy atom. The van der Waals surface area contributed by atoms with Crippen LogP contribution in [0.4, 0.5) is 0 Å². The molecule has 0 saturated heterocycles. The Morgan fingerprint density at radius 3 is 2.50 bits per heavy atom. The van der Waals surface area contributed by atoms with E-state index in [1.54, 1.807) is 12.5 Å². The molecule has 0 radical (unpaired) electrons. The van der Waals surface area contributed by atoms with Gasteiger partial charge in [0.2, 0.25) is 0 Å². The highest BCUT2D eigenvalue weighted by Crippen LogP contribution is 2.66. The van der Waals surface area contributed by atoms with Crippen molar-refractivity contribution in [2.45, 2.75) is 96.4 Å². The van der Waals surface area contributed by atoms with Crippen molar-refractivity contribution in [3.05, 3.63) is 11.1 Å². The van der Waals surface area contributed by atoms with Gasteiger partial charge >= 0.3 is 0 Å². The summed E-state index contributed by atoms with van der Waals surface area (Å²) in [5.41, 5.74) is 2.22. The Morgan fingerprint density at radius 2 is 1.79 bits per heavy atom. The lowest BCUT2D eigenvalue weighted by atomic mass is 9.48. The number of allylic oxidation sites excluding steroid dienone is 1. The van der Waals surface area contributed by atoms with Crippen molar-refractivity contribution in [3.63, 3.8) is 0 Å². The molecule has 1 unspecified atom stereocenters. The number of hydrogen-bond donors (Lipinski definition) is 3. The van der Waals surface area contributed by atoms with Crippen molar-refractivity contribution < 1.29 is 15.3 Å². The number of rotatable bonds is 1. The number of aliphatic hydroxyl groups excluding tert-OH is 2. The van der Waals surface area contributed by atoms with Gasteiger partial charge in [-0.05, 0) is 82.0 Å². The quantitative estimate of drug-likeness (QED) is 0.643. The molecular weight excluding hydrogens is 300 g/mol. The maximum atomic E-state index is 11.2. The van der Waals surface area contributed by atoms with Gasteiger partial charge in [0, 0.05) is 5.41 Å². The minimum absolute atomic E-state index is 0.0991. The predicted molar refractivity (Wildman–Crippen MR) is 94.4 cm³/mol. The first-order valence-electron chi connectivity index (χ1n) is 10.0. The lowest BCUT2D eigenvalue weighted by Crippen LogP contribution is -2.54. The Balaban J connectivity index is 1.74. The van der Waals surface area contributed by atoms with Crippen molar-refractivity contribution in [2.75, 3.05) is 0 Å². The average molecular weight is 335 g/mol. The van der Waals surface area contributed by atoms with Crippen molar-refractivity contribution in [1.29, 1.82) is 0 Å². The molecule has 3 saturated carbocycles. The zero-order valence-electron chi connectivity index (χ0n) is 15.5. The first-order chi connectivity index (χ1) is 11.2. The van der Waals surface area contributed by atoms with Crippen LogP contribution >= 0.6 is 0 Å². The van der Waals surface area contributed by atoms with E-state index in [-0.39, 0.29) is 11.5 Å². The third kappa shape index (κ3) is 2.01. The van der Waals surface area contributed by atoms with Crippen molar-refractivity contribution in [1.82, 2.24) is 0 Å². The second kappa shape index (κ2) is 5.31. The van der Waals surface area contributed by atoms with E-state index in [0.717, 1.165) is 44.9 Å². The molecule has 3 fully saturated rings. The van der Waals surface area contributed by atoms with Gasteiger partial charge in [-0.3, -0.25) is 0 Å². The van der Waals surface area contributed by atoms with E-state index in [9.17, 15) is 15.3 Å². The smallest absolute Gasteiger partial charge is 0.0995 e. The molecule has 0 spiro atoms. The molecular formula is C21H34O3. The van der Waals surface area contributed by atoms with Gasteiger partial charge in [-0.2, -0.15) is 0 Å². The summed E-state index contributed by atoms with van der Waals surface area (Å²) in [6.07, 6.45) is 8.38. The highest BCUT2D eigenvalue weighted by atomic mass is 16.3. The topological polar surface area (TPSA) is 60.7 Å². The molecule has 0 bridgehead atoms. The summed E-state index contributed by atoms with van der Waals surface area (Å²) in [5, 5.41) is 31.6. The van der Waals surface area contributed by atoms with E-state index >= 15 is 0 Å². The first-order valence-corrected chi connectivity index (χ1v) is 10.0. The van der Waals surface area contributed by atoms with Crippen molar-refractivity contribution >= 4 is 0 Å². The second-order valence-electron chi connectivity index (χ2n) is 9.70. The van der Waals surface area contributed by atoms with E-state index in [2.05, 4.69) is 13.8 Å². The van der Waals surface area contributed by atoms with E-state index in [1.807, 2.05) is 0 Å². The van der Waals surface area contributed by atoms with Crippen LogP contribution in [0.3, 0.4) is 0 Å². The Hall–Kier alpha value is -0.380. The van der Waals surface area contributed by atoms with E-state index in [0.29, 0.717) is 23.7 Å². The monoisotopic (exact) mass is 334 g/mol. The summed E-state index contributed by atoms with van der Waals surface area (Å²) in [4.78, 5) is 0. The maximum Gasteiger partial charge on any atom is 0.0995 e. The van der Waals surface area contributed by atoms with Gasteiger partial charge in [0.1, 0.15) is 0 Å². The van der Waals surface area contributed by atoms with Crippen LogP contribution in [0.2, 0.25) is 0 Å². The fraction of sp³-hybridized carbons (Fsp3) is 0.905. The fourth-order valence-electron chi connectivity index (χ4n) is 7.18. The zero-order chi connectivity index (χ0) is 17.3. The van der Waals surface area contributed by atoms with Crippen molar-refractivity contribution in [3.8, 4) is 0 Å². The molecule has 0 aromatic heterocycles. The van der Waals surface area contributed by atoms with E-state index in [4.69, 9.17) is 0 Å². The third-order valence-electron chi connectivity index (χ3n) is 8.87. The lowest BCUT2D eigenvalue weighted by Gasteiger charge is -2.57. The standard InChI is InChI=1S/C21H34O3/c1-13(22)21(24)11-8-18-16-5-4-14-12-15(23)6-9-19(14,2)17(16)7-10-20(18,21)3/h13-15,17,22-24H,4-12H2,1-3H3/t13-,14?,15+,17+,19+,20+,21+/m1/s1. The molecule has 3 nitrogen and oxygen atoms in total. The molecule has 3 heteroatoms. The number of aliphatic hydroxyl groups is 3. The Bertz CT molecular complexity index is 567. The summed E-state index contributed by atoms with van der Waals surface area (Å²) >= 11 is 0.